The number of ether oxygens (including phenoxy) is 1. The number of hydrogen-bond acceptors (Lipinski definition) is 5. The lowest BCUT2D eigenvalue weighted by molar-refractivity contribution is -0.120. The van der Waals surface area contributed by atoms with Gasteiger partial charge in [-0.2, -0.15) is 4.31 Å². The Morgan fingerprint density at radius 3 is 2.71 bits per heavy atom. The fourth-order valence-electron chi connectivity index (χ4n) is 2.16. The van der Waals surface area contributed by atoms with Gasteiger partial charge in [-0.15, -0.1) is 0 Å². The van der Waals surface area contributed by atoms with Gasteiger partial charge in [0.2, 0.25) is 15.9 Å². The van der Waals surface area contributed by atoms with Gasteiger partial charge in [0.05, 0.1) is 7.11 Å². The molecule has 1 aromatic rings. The molecule has 1 fully saturated rings. The van der Waals surface area contributed by atoms with Crippen LogP contribution < -0.4 is 15.8 Å². The molecule has 0 radical (unpaired) electrons. The number of anilines is 1. The SMILES string of the molecule is COc1cc(C)c(N)cc1S(=O)(=O)N1CCNC(=O)CC1. The van der Waals surface area contributed by atoms with Gasteiger partial charge in [0.15, 0.2) is 0 Å². The van der Waals surface area contributed by atoms with Crippen molar-refractivity contribution in [1.82, 2.24) is 9.62 Å². The molecule has 0 saturated carbocycles. The van der Waals surface area contributed by atoms with E-state index in [-0.39, 0.29) is 36.1 Å². The summed E-state index contributed by atoms with van der Waals surface area (Å²) in [5, 5.41) is 2.65. The Kier molecular flexibility index (Phi) is 4.38. The van der Waals surface area contributed by atoms with Crippen LogP contribution in [0.3, 0.4) is 0 Å². The van der Waals surface area contributed by atoms with Gasteiger partial charge < -0.3 is 15.8 Å². The molecule has 1 aromatic carbocycles. The molecule has 1 aliphatic rings. The van der Waals surface area contributed by atoms with Crippen LogP contribution in [-0.4, -0.2) is 45.4 Å². The maximum Gasteiger partial charge on any atom is 0.246 e. The number of nitrogen functional groups attached to an aromatic ring is 1. The maximum atomic E-state index is 12.7. The summed E-state index contributed by atoms with van der Waals surface area (Å²) in [6, 6.07) is 3.01. The van der Waals surface area contributed by atoms with E-state index in [9.17, 15) is 13.2 Å². The second-order valence-corrected chi connectivity index (χ2v) is 6.77. The Bertz CT molecular complexity index is 658. The summed E-state index contributed by atoms with van der Waals surface area (Å²) in [7, 11) is -2.34. The van der Waals surface area contributed by atoms with Crippen molar-refractivity contribution in [2.24, 2.45) is 0 Å². The summed E-state index contributed by atoms with van der Waals surface area (Å²) in [5.41, 5.74) is 6.95. The molecule has 0 aliphatic carbocycles. The Morgan fingerprint density at radius 2 is 2.05 bits per heavy atom. The van der Waals surface area contributed by atoms with Gasteiger partial charge in [-0.25, -0.2) is 8.42 Å². The van der Waals surface area contributed by atoms with Crippen LogP contribution in [0.2, 0.25) is 0 Å². The Hall–Kier alpha value is -1.80. The first-order chi connectivity index (χ1) is 9.86. The van der Waals surface area contributed by atoms with Gasteiger partial charge in [-0.05, 0) is 24.6 Å². The fourth-order valence-corrected chi connectivity index (χ4v) is 3.78. The molecule has 1 heterocycles. The molecule has 0 spiro atoms. The van der Waals surface area contributed by atoms with Crippen molar-refractivity contribution < 1.29 is 17.9 Å². The zero-order valence-corrected chi connectivity index (χ0v) is 12.9. The minimum absolute atomic E-state index is 0.0300. The number of nitrogens with two attached hydrogens (primary N) is 1. The van der Waals surface area contributed by atoms with E-state index < -0.39 is 10.0 Å². The van der Waals surface area contributed by atoms with E-state index >= 15 is 0 Å². The van der Waals surface area contributed by atoms with E-state index in [4.69, 9.17) is 10.5 Å². The monoisotopic (exact) mass is 313 g/mol. The predicted octanol–water partition coefficient (Wildman–Crippen LogP) is 0.0964. The molecule has 2 rings (SSSR count). The minimum atomic E-state index is -3.75. The molecule has 3 N–H and O–H groups in total. The summed E-state index contributed by atoms with van der Waals surface area (Å²) < 4.78 is 31.9. The van der Waals surface area contributed by atoms with E-state index in [1.807, 2.05) is 0 Å². The molecule has 116 valence electrons. The Labute approximate surface area is 124 Å². The van der Waals surface area contributed by atoms with Crippen LogP contribution in [-0.2, 0) is 14.8 Å². The predicted molar refractivity (Wildman–Crippen MR) is 78.5 cm³/mol. The quantitative estimate of drug-likeness (QED) is 0.770. The first-order valence-corrected chi connectivity index (χ1v) is 8.01. The number of nitrogens with zero attached hydrogens (tertiary/aromatic N) is 1. The Balaban J connectivity index is 2.43. The average Bonchev–Trinajstić information content (AvgIpc) is 2.66. The molecule has 21 heavy (non-hydrogen) atoms. The summed E-state index contributed by atoms with van der Waals surface area (Å²) >= 11 is 0. The summed E-state index contributed by atoms with van der Waals surface area (Å²) in [6.45, 7) is 2.45. The topological polar surface area (TPSA) is 102 Å². The highest BCUT2D eigenvalue weighted by atomic mass is 32.2. The number of sulfonamides is 1. The standard InChI is InChI=1S/C13H19N3O4S/c1-9-7-11(20-2)12(8-10(9)14)21(18,19)16-5-3-13(17)15-4-6-16/h7-8H,3-6,14H2,1-2H3,(H,15,17). The first-order valence-electron chi connectivity index (χ1n) is 6.57. The molecule has 1 amide bonds. The highest BCUT2D eigenvalue weighted by Crippen LogP contribution is 2.31. The summed E-state index contributed by atoms with van der Waals surface area (Å²) in [5.74, 6) is 0.105. The van der Waals surface area contributed by atoms with Crippen molar-refractivity contribution in [1.29, 1.82) is 0 Å². The van der Waals surface area contributed by atoms with Gasteiger partial charge in [0.25, 0.3) is 0 Å². The van der Waals surface area contributed by atoms with Crippen LogP contribution in [0.15, 0.2) is 17.0 Å². The normalized spacial score (nSPS) is 17.1. The molecule has 1 saturated heterocycles. The van der Waals surface area contributed by atoms with Crippen LogP contribution in [0.1, 0.15) is 12.0 Å². The molecule has 0 bridgehead atoms. The number of nitrogens with one attached hydrogen (secondary N) is 1. The number of carbonyl (C=O) groups excluding carboxylic acids is 1. The van der Waals surface area contributed by atoms with Crippen molar-refractivity contribution in [2.75, 3.05) is 32.5 Å². The number of amides is 1. The maximum absolute atomic E-state index is 12.7. The summed E-state index contributed by atoms with van der Waals surface area (Å²) in [4.78, 5) is 11.4. The van der Waals surface area contributed by atoms with Crippen molar-refractivity contribution in [3.8, 4) is 5.75 Å². The third-order valence-electron chi connectivity index (χ3n) is 3.44. The summed E-state index contributed by atoms with van der Waals surface area (Å²) in [6.07, 6.45) is 0.142. The van der Waals surface area contributed by atoms with Crippen molar-refractivity contribution in [3.63, 3.8) is 0 Å². The first kappa shape index (κ1) is 15.6. The zero-order chi connectivity index (χ0) is 15.6. The van der Waals surface area contributed by atoms with Crippen LogP contribution in [0, 0.1) is 6.92 Å². The average molecular weight is 313 g/mol. The number of aryl methyl sites for hydroxylation is 1. The number of carbonyl (C=O) groups is 1. The Morgan fingerprint density at radius 1 is 1.33 bits per heavy atom. The van der Waals surface area contributed by atoms with E-state index in [1.54, 1.807) is 13.0 Å². The highest BCUT2D eigenvalue weighted by Gasteiger charge is 2.30. The molecule has 1 aliphatic heterocycles. The van der Waals surface area contributed by atoms with Gasteiger partial charge in [-0.1, -0.05) is 0 Å². The number of hydrogen-bond donors (Lipinski definition) is 2. The lowest BCUT2D eigenvalue weighted by atomic mass is 10.2. The highest BCUT2D eigenvalue weighted by molar-refractivity contribution is 7.89. The van der Waals surface area contributed by atoms with Gasteiger partial charge in [0, 0.05) is 31.7 Å². The van der Waals surface area contributed by atoms with E-state index in [0.29, 0.717) is 12.2 Å². The van der Waals surface area contributed by atoms with Crippen LogP contribution >= 0.6 is 0 Å². The van der Waals surface area contributed by atoms with Crippen molar-refractivity contribution in [2.45, 2.75) is 18.2 Å². The lowest BCUT2D eigenvalue weighted by Gasteiger charge is -2.21. The third kappa shape index (κ3) is 3.11. The molecular formula is C13H19N3O4S. The number of benzene rings is 1. The second-order valence-electron chi connectivity index (χ2n) is 4.86. The van der Waals surface area contributed by atoms with Crippen molar-refractivity contribution >= 4 is 21.6 Å². The lowest BCUT2D eigenvalue weighted by Crippen LogP contribution is -2.34. The van der Waals surface area contributed by atoms with Crippen LogP contribution in [0.25, 0.3) is 0 Å². The van der Waals surface area contributed by atoms with Crippen LogP contribution in [0.5, 0.6) is 5.75 Å². The van der Waals surface area contributed by atoms with Crippen molar-refractivity contribution in [3.05, 3.63) is 17.7 Å². The second kappa shape index (κ2) is 5.90. The smallest absolute Gasteiger partial charge is 0.246 e. The van der Waals surface area contributed by atoms with Gasteiger partial charge in [-0.3, -0.25) is 4.79 Å². The molecule has 0 aromatic heterocycles. The number of rotatable bonds is 3. The van der Waals surface area contributed by atoms with E-state index in [1.165, 1.54) is 17.5 Å². The fraction of sp³-hybridized carbons (Fsp3) is 0.462. The molecular weight excluding hydrogens is 294 g/mol. The largest absolute Gasteiger partial charge is 0.495 e. The molecule has 8 heteroatoms. The van der Waals surface area contributed by atoms with E-state index in [2.05, 4.69) is 5.32 Å². The minimum Gasteiger partial charge on any atom is -0.495 e. The molecule has 0 unspecified atom stereocenters. The third-order valence-corrected chi connectivity index (χ3v) is 5.36. The zero-order valence-electron chi connectivity index (χ0n) is 12.0. The van der Waals surface area contributed by atoms with Gasteiger partial charge >= 0.3 is 0 Å². The molecule has 7 nitrogen and oxygen atoms in total. The van der Waals surface area contributed by atoms with E-state index in [0.717, 1.165) is 5.56 Å². The molecule has 0 atom stereocenters. The van der Waals surface area contributed by atoms with Crippen LogP contribution in [0.4, 0.5) is 5.69 Å². The number of methoxy groups -OCH3 is 1. The van der Waals surface area contributed by atoms with Gasteiger partial charge in [0.1, 0.15) is 10.6 Å².